The minimum Gasteiger partial charge on any atom is -0.485 e. The summed E-state index contributed by atoms with van der Waals surface area (Å²) >= 11 is 18.9. The molecule has 0 radical (unpaired) electrons. The van der Waals surface area contributed by atoms with Gasteiger partial charge < -0.3 is 14.2 Å². The van der Waals surface area contributed by atoms with Crippen molar-refractivity contribution in [2.45, 2.75) is 19.8 Å². The van der Waals surface area contributed by atoms with E-state index in [-0.39, 0.29) is 19.8 Å². The minimum absolute atomic E-state index is 0.259. The molecule has 0 bridgehead atoms. The molecule has 0 saturated heterocycles. The fourth-order valence-corrected chi connectivity index (χ4v) is 3.74. The zero-order valence-electron chi connectivity index (χ0n) is 17.6. The number of ether oxygens (including phenoxy) is 3. The van der Waals surface area contributed by atoms with Crippen molar-refractivity contribution in [3.8, 4) is 17.2 Å². The topological polar surface area (TPSA) is 27.7 Å². The molecule has 4 rings (SSSR count). The van der Waals surface area contributed by atoms with E-state index in [4.69, 9.17) is 49.0 Å². The Labute approximate surface area is 208 Å². The predicted molar refractivity (Wildman–Crippen MR) is 134 cm³/mol. The van der Waals surface area contributed by atoms with E-state index < -0.39 is 0 Å². The molecule has 0 spiro atoms. The van der Waals surface area contributed by atoms with Crippen molar-refractivity contribution >= 4 is 34.8 Å². The SMILES string of the molecule is Clc1ccccc1COc1cccc(OCc2ccccc2Cl)c1OCc1ccccc1Cl. The lowest BCUT2D eigenvalue weighted by atomic mass is 10.2. The second-order valence-electron chi connectivity index (χ2n) is 7.22. The molecule has 0 saturated carbocycles. The highest BCUT2D eigenvalue weighted by molar-refractivity contribution is 6.31. The first-order valence-corrected chi connectivity index (χ1v) is 11.5. The van der Waals surface area contributed by atoms with Gasteiger partial charge in [-0.25, -0.2) is 0 Å². The highest BCUT2D eigenvalue weighted by Gasteiger charge is 2.15. The lowest BCUT2D eigenvalue weighted by Gasteiger charge is -2.18. The van der Waals surface area contributed by atoms with Crippen molar-refractivity contribution in [2.75, 3.05) is 0 Å². The van der Waals surface area contributed by atoms with Crippen molar-refractivity contribution in [3.05, 3.63) is 123 Å². The van der Waals surface area contributed by atoms with Gasteiger partial charge in [0.25, 0.3) is 0 Å². The first-order valence-electron chi connectivity index (χ1n) is 10.3. The third-order valence-electron chi connectivity index (χ3n) is 4.95. The summed E-state index contributed by atoms with van der Waals surface area (Å²) in [5.74, 6) is 1.56. The third kappa shape index (κ3) is 6.14. The van der Waals surface area contributed by atoms with Gasteiger partial charge in [-0.15, -0.1) is 0 Å². The first kappa shape index (κ1) is 23.3. The number of hydrogen-bond acceptors (Lipinski definition) is 3. The molecule has 0 aliphatic carbocycles. The summed E-state index contributed by atoms with van der Waals surface area (Å²) in [7, 11) is 0. The molecule has 33 heavy (non-hydrogen) atoms. The van der Waals surface area contributed by atoms with Crippen molar-refractivity contribution in [1.29, 1.82) is 0 Å². The van der Waals surface area contributed by atoms with Gasteiger partial charge in [-0.1, -0.05) is 95.5 Å². The fourth-order valence-electron chi connectivity index (χ4n) is 3.17. The number of rotatable bonds is 9. The van der Waals surface area contributed by atoms with Crippen molar-refractivity contribution in [2.24, 2.45) is 0 Å². The van der Waals surface area contributed by atoms with Crippen LogP contribution in [0.15, 0.2) is 91.0 Å². The van der Waals surface area contributed by atoms with Crippen LogP contribution >= 0.6 is 34.8 Å². The van der Waals surface area contributed by atoms with Crippen LogP contribution in [0.1, 0.15) is 16.7 Å². The van der Waals surface area contributed by atoms with Crippen LogP contribution in [0.5, 0.6) is 17.2 Å². The van der Waals surface area contributed by atoms with Crippen LogP contribution in [0.4, 0.5) is 0 Å². The molecule has 4 aromatic rings. The third-order valence-corrected chi connectivity index (χ3v) is 6.06. The molecule has 3 nitrogen and oxygen atoms in total. The molecule has 0 atom stereocenters. The maximum absolute atomic E-state index is 6.32. The van der Waals surface area contributed by atoms with Crippen LogP contribution in [0.3, 0.4) is 0 Å². The van der Waals surface area contributed by atoms with E-state index >= 15 is 0 Å². The monoisotopic (exact) mass is 498 g/mol. The van der Waals surface area contributed by atoms with Crippen LogP contribution in [-0.4, -0.2) is 0 Å². The summed E-state index contributed by atoms with van der Waals surface area (Å²) in [6.45, 7) is 0.834. The van der Waals surface area contributed by atoms with Crippen molar-refractivity contribution in [1.82, 2.24) is 0 Å². The van der Waals surface area contributed by atoms with Gasteiger partial charge in [0, 0.05) is 31.8 Å². The van der Waals surface area contributed by atoms with Crippen LogP contribution in [-0.2, 0) is 19.8 Å². The molecule has 0 aliphatic rings. The number of hydrogen-bond donors (Lipinski definition) is 0. The molecular formula is C27H21Cl3O3. The smallest absolute Gasteiger partial charge is 0.203 e. The Morgan fingerprint density at radius 3 is 1.18 bits per heavy atom. The van der Waals surface area contributed by atoms with Crippen LogP contribution in [0, 0.1) is 0 Å². The molecule has 0 aromatic heterocycles. The van der Waals surface area contributed by atoms with E-state index in [0.29, 0.717) is 32.3 Å². The summed E-state index contributed by atoms with van der Waals surface area (Å²) in [5, 5.41) is 1.91. The fraction of sp³-hybridized carbons (Fsp3) is 0.111. The summed E-state index contributed by atoms with van der Waals surface area (Å²) < 4.78 is 18.4. The maximum Gasteiger partial charge on any atom is 0.203 e. The second-order valence-corrected chi connectivity index (χ2v) is 8.45. The molecule has 6 heteroatoms. The molecular weight excluding hydrogens is 479 g/mol. The highest BCUT2D eigenvalue weighted by atomic mass is 35.5. The average molecular weight is 500 g/mol. The zero-order chi connectivity index (χ0) is 23.0. The second kappa shape index (κ2) is 11.3. The molecule has 0 fully saturated rings. The molecule has 0 N–H and O–H groups in total. The largest absolute Gasteiger partial charge is 0.485 e. The number of halogens is 3. The molecule has 4 aromatic carbocycles. The van der Waals surface area contributed by atoms with Crippen molar-refractivity contribution in [3.63, 3.8) is 0 Å². The number of para-hydroxylation sites is 1. The van der Waals surface area contributed by atoms with Crippen LogP contribution < -0.4 is 14.2 Å². The summed E-state index contributed by atoms with van der Waals surface area (Å²) in [6.07, 6.45) is 0. The van der Waals surface area contributed by atoms with Crippen LogP contribution in [0.25, 0.3) is 0 Å². The van der Waals surface area contributed by atoms with Gasteiger partial charge >= 0.3 is 0 Å². The minimum atomic E-state index is 0.259. The Kier molecular flexibility index (Phi) is 8.01. The zero-order valence-corrected chi connectivity index (χ0v) is 19.9. The van der Waals surface area contributed by atoms with Crippen LogP contribution in [0.2, 0.25) is 15.1 Å². The van der Waals surface area contributed by atoms with E-state index in [9.17, 15) is 0 Å². The summed E-state index contributed by atoms with van der Waals surface area (Å²) in [6, 6.07) is 28.2. The van der Waals surface area contributed by atoms with E-state index in [0.717, 1.165) is 16.7 Å². The maximum atomic E-state index is 6.32. The Hall–Kier alpha value is -2.85. The van der Waals surface area contributed by atoms with E-state index in [1.54, 1.807) is 0 Å². The van der Waals surface area contributed by atoms with Gasteiger partial charge in [0.05, 0.1) is 0 Å². The normalized spacial score (nSPS) is 10.6. The molecule has 0 heterocycles. The summed E-state index contributed by atoms with van der Waals surface area (Å²) in [4.78, 5) is 0. The average Bonchev–Trinajstić information content (AvgIpc) is 2.83. The van der Waals surface area contributed by atoms with Gasteiger partial charge in [-0.3, -0.25) is 0 Å². The molecule has 0 amide bonds. The van der Waals surface area contributed by atoms with Crippen molar-refractivity contribution < 1.29 is 14.2 Å². The van der Waals surface area contributed by atoms with Gasteiger partial charge in [-0.2, -0.15) is 0 Å². The highest BCUT2D eigenvalue weighted by Crippen LogP contribution is 2.39. The predicted octanol–water partition coefficient (Wildman–Crippen LogP) is 8.38. The standard InChI is InChI=1S/C27H21Cl3O3/c28-22-11-4-1-8-19(22)16-31-25-14-7-15-26(32-17-20-9-2-5-12-23(20)29)27(25)33-18-21-10-3-6-13-24(21)30/h1-15H,16-18H2. The lowest BCUT2D eigenvalue weighted by molar-refractivity contribution is 0.230. The van der Waals surface area contributed by atoms with E-state index in [1.807, 2.05) is 91.0 Å². The van der Waals surface area contributed by atoms with Gasteiger partial charge in [0.15, 0.2) is 11.5 Å². The Balaban J connectivity index is 1.58. The number of benzene rings is 4. The van der Waals surface area contributed by atoms with Gasteiger partial charge in [0.1, 0.15) is 19.8 Å². The first-order chi connectivity index (χ1) is 16.1. The molecule has 0 aliphatic heterocycles. The van der Waals surface area contributed by atoms with Gasteiger partial charge in [0.2, 0.25) is 5.75 Å². The lowest BCUT2D eigenvalue weighted by Crippen LogP contribution is -2.04. The van der Waals surface area contributed by atoms with E-state index in [2.05, 4.69) is 0 Å². The summed E-state index contributed by atoms with van der Waals surface area (Å²) in [5.41, 5.74) is 2.61. The molecule has 168 valence electrons. The quantitative estimate of drug-likeness (QED) is 0.231. The van der Waals surface area contributed by atoms with Gasteiger partial charge in [-0.05, 0) is 30.3 Å². The Bertz CT molecular complexity index is 1160. The van der Waals surface area contributed by atoms with E-state index in [1.165, 1.54) is 0 Å². The Morgan fingerprint density at radius 1 is 0.424 bits per heavy atom. The Morgan fingerprint density at radius 2 is 0.788 bits per heavy atom. The molecule has 0 unspecified atom stereocenters.